The Labute approximate surface area is 149 Å². The third kappa shape index (κ3) is 3.52. The molecule has 1 aromatic carbocycles. The van der Waals surface area contributed by atoms with Crippen LogP contribution < -0.4 is 5.32 Å². The molecule has 0 bridgehead atoms. The van der Waals surface area contributed by atoms with Gasteiger partial charge in [-0.2, -0.15) is 0 Å². The van der Waals surface area contributed by atoms with E-state index in [9.17, 15) is 14.4 Å². The molecule has 1 saturated heterocycles. The molecule has 0 saturated carbocycles. The van der Waals surface area contributed by atoms with Crippen molar-refractivity contribution in [3.8, 4) is 0 Å². The standard InChI is InChI=1S/C17H20BrN3O3/c18-12-4-5-13-14(11-12)17(24)21(16(13)23)9-1-3-15(22)20-8-2-6-19-7-10-20/h4-5,11,19H,1-3,6-10H2. The van der Waals surface area contributed by atoms with Crippen molar-refractivity contribution in [2.45, 2.75) is 19.3 Å². The molecule has 24 heavy (non-hydrogen) atoms. The Kier molecular flexibility index (Phi) is 5.30. The molecule has 1 fully saturated rings. The number of rotatable bonds is 4. The molecule has 7 heteroatoms. The number of carbonyl (C=O) groups excluding carboxylic acids is 3. The highest BCUT2D eigenvalue weighted by Gasteiger charge is 2.35. The molecular weight excluding hydrogens is 374 g/mol. The molecule has 0 unspecified atom stereocenters. The van der Waals surface area contributed by atoms with Crippen LogP contribution >= 0.6 is 15.9 Å². The van der Waals surface area contributed by atoms with Gasteiger partial charge in [0.1, 0.15) is 0 Å². The minimum absolute atomic E-state index is 0.0954. The van der Waals surface area contributed by atoms with E-state index in [0.29, 0.717) is 24.0 Å². The maximum atomic E-state index is 12.4. The first-order valence-electron chi connectivity index (χ1n) is 8.22. The third-order valence-corrected chi connectivity index (χ3v) is 4.89. The summed E-state index contributed by atoms with van der Waals surface area (Å²) >= 11 is 3.32. The zero-order valence-corrected chi connectivity index (χ0v) is 15.0. The Morgan fingerprint density at radius 3 is 2.75 bits per heavy atom. The molecule has 2 aliphatic heterocycles. The fourth-order valence-corrected chi connectivity index (χ4v) is 3.47. The molecule has 6 nitrogen and oxygen atoms in total. The second-order valence-corrected chi connectivity index (χ2v) is 6.96. The summed E-state index contributed by atoms with van der Waals surface area (Å²) in [5.41, 5.74) is 0.868. The quantitative estimate of drug-likeness (QED) is 0.789. The van der Waals surface area contributed by atoms with E-state index < -0.39 is 0 Å². The van der Waals surface area contributed by atoms with Crippen LogP contribution in [0.4, 0.5) is 0 Å². The topological polar surface area (TPSA) is 69.7 Å². The highest BCUT2D eigenvalue weighted by molar-refractivity contribution is 9.10. The fraction of sp³-hybridized carbons (Fsp3) is 0.471. The van der Waals surface area contributed by atoms with Gasteiger partial charge in [0.05, 0.1) is 11.1 Å². The average Bonchev–Trinajstić information content (AvgIpc) is 2.79. The lowest BCUT2D eigenvalue weighted by Gasteiger charge is -2.20. The van der Waals surface area contributed by atoms with Crippen LogP contribution in [-0.4, -0.2) is 60.2 Å². The van der Waals surface area contributed by atoms with Crippen molar-refractivity contribution in [3.05, 3.63) is 33.8 Å². The Hall–Kier alpha value is -1.73. The second kappa shape index (κ2) is 7.44. The Morgan fingerprint density at radius 2 is 1.92 bits per heavy atom. The Bertz CT molecular complexity index is 669. The first-order chi connectivity index (χ1) is 11.6. The number of nitrogens with zero attached hydrogens (tertiary/aromatic N) is 2. The normalized spacial score (nSPS) is 17.9. The summed E-state index contributed by atoms with van der Waals surface area (Å²) in [6.45, 7) is 3.53. The first-order valence-corrected chi connectivity index (χ1v) is 9.01. The minimum atomic E-state index is -0.275. The van der Waals surface area contributed by atoms with Crippen LogP contribution in [0.15, 0.2) is 22.7 Å². The maximum absolute atomic E-state index is 12.4. The molecule has 0 aromatic heterocycles. The van der Waals surface area contributed by atoms with Crippen molar-refractivity contribution in [2.24, 2.45) is 0 Å². The summed E-state index contributed by atoms with van der Waals surface area (Å²) in [5, 5.41) is 3.26. The number of imide groups is 1. The monoisotopic (exact) mass is 393 g/mol. The van der Waals surface area contributed by atoms with Gasteiger partial charge in [0.2, 0.25) is 5.91 Å². The molecule has 3 amide bonds. The first kappa shape index (κ1) is 17.1. The van der Waals surface area contributed by atoms with E-state index in [-0.39, 0.29) is 24.3 Å². The van der Waals surface area contributed by atoms with E-state index in [1.807, 2.05) is 4.90 Å². The zero-order valence-electron chi connectivity index (χ0n) is 13.4. The number of fused-ring (bicyclic) bond motifs is 1. The third-order valence-electron chi connectivity index (χ3n) is 4.40. The lowest BCUT2D eigenvalue weighted by Crippen LogP contribution is -2.35. The molecule has 0 atom stereocenters. The molecule has 0 spiro atoms. The van der Waals surface area contributed by atoms with Gasteiger partial charge in [-0.1, -0.05) is 15.9 Å². The molecule has 1 aromatic rings. The maximum Gasteiger partial charge on any atom is 0.261 e. The van der Waals surface area contributed by atoms with Crippen LogP contribution in [0.1, 0.15) is 40.0 Å². The number of benzene rings is 1. The number of hydrogen-bond acceptors (Lipinski definition) is 4. The number of nitrogens with one attached hydrogen (secondary N) is 1. The van der Waals surface area contributed by atoms with Gasteiger partial charge in [-0.15, -0.1) is 0 Å². The zero-order chi connectivity index (χ0) is 17.1. The molecular formula is C17H20BrN3O3. The molecule has 2 heterocycles. The minimum Gasteiger partial charge on any atom is -0.341 e. The largest absolute Gasteiger partial charge is 0.341 e. The van der Waals surface area contributed by atoms with Crippen molar-refractivity contribution in [2.75, 3.05) is 32.7 Å². The van der Waals surface area contributed by atoms with Gasteiger partial charge in [-0.05, 0) is 37.6 Å². The summed E-state index contributed by atoms with van der Waals surface area (Å²) in [6.07, 6.45) is 1.81. The highest BCUT2D eigenvalue weighted by Crippen LogP contribution is 2.26. The number of carbonyl (C=O) groups is 3. The van der Waals surface area contributed by atoms with Crippen LogP contribution in [0.2, 0.25) is 0 Å². The lowest BCUT2D eigenvalue weighted by molar-refractivity contribution is -0.131. The average molecular weight is 394 g/mol. The van der Waals surface area contributed by atoms with Crippen molar-refractivity contribution >= 4 is 33.7 Å². The van der Waals surface area contributed by atoms with Crippen molar-refractivity contribution < 1.29 is 14.4 Å². The molecule has 2 aliphatic rings. The molecule has 128 valence electrons. The van der Waals surface area contributed by atoms with Gasteiger partial charge in [0, 0.05) is 37.1 Å². The Balaban J connectivity index is 1.55. The summed E-state index contributed by atoms with van der Waals surface area (Å²) in [7, 11) is 0. The molecule has 1 N–H and O–H groups in total. The van der Waals surface area contributed by atoms with E-state index in [4.69, 9.17) is 0 Å². The highest BCUT2D eigenvalue weighted by atomic mass is 79.9. The smallest absolute Gasteiger partial charge is 0.261 e. The fourth-order valence-electron chi connectivity index (χ4n) is 3.11. The van der Waals surface area contributed by atoms with Crippen LogP contribution in [0.3, 0.4) is 0 Å². The van der Waals surface area contributed by atoms with E-state index >= 15 is 0 Å². The van der Waals surface area contributed by atoms with Gasteiger partial charge in [0.15, 0.2) is 0 Å². The van der Waals surface area contributed by atoms with E-state index in [1.165, 1.54) is 4.90 Å². The van der Waals surface area contributed by atoms with E-state index in [1.54, 1.807) is 18.2 Å². The van der Waals surface area contributed by atoms with Gasteiger partial charge in [-0.25, -0.2) is 0 Å². The lowest BCUT2D eigenvalue weighted by atomic mass is 10.1. The van der Waals surface area contributed by atoms with E-state index in [2.05, 4.69) is 21.2 Å². The van der Waals surface area contributed by atoms with Crippen LogP contribution in [0.5, 0.6) is 0 Å². The van der Waals surface area contributed by atoms with Gasteiger partial charge >= 0.3 is 0 Å². The number of hydrogen-bond donors (Lipinski definition) is 1. The number of amides is 3. The van der Waals surface area contributed by atoms with Crippen molar-refractivity contribution in [1.29, 1.82) is 0 Å². The predicted octanol–water partition coefficient (Wildman–Crippen LogP) is 1.65. The van der Waals surface area contributed by atoms with E-state index in [0.717, 1.165) is 37.1 Å². The summed E-state index contributed by atoms with van der Waals surface area (Å²) in [6, 6.07) is 5.09. The SMILES string of the molecule is O=C(CCCN1C(=O)c2ccc(Br)cc2C1=O)N1CCCNCC1. The summed E-state index contributed by atoms with van der Waals surface area (Å²) in [4.78, 5) is 40.0. The van der Waals surface area contributed by atoms with Crippen molar-refractivity contribution in [3.63, 3.8) is 0 Å². The van der Waals surface area contributed by atoms with Gasteiger partial charge in [-0.3, -0.25) is 19.3 Å². The molecule has 3 rings (SSSR count). The van der Waals surface area contributed by atoms with Gasteiger partial charge < -0.3 is 10.2 Å². The van der Waals surface area contributed by atoms with Crippen molar-refractivity contribution in [1.82, 2.24) is 15.1 Å². The summed E-state index contributed by atoms with van der Waals surface area (Å²) < 4.78 is 0.772. The predicted molar refractivity (Wildman–Crippen MR) is 92.8 cm³/mol. The molecule has 0 aliphatic carbocycles. The van der Waals surface area contributed by atoms with Gasteiger partial charge in [0.25, 0.3) is 11.8 Å². The summed E-state index contributed by atoms with van der Waals surface area (Å²) in [5.74, 6) is -0.449. The van der Waals surface area contributed by atoms with Crippen LogP contribution in [0, 0.1) is 0 Å². The molecule has 0 radical (unpaired) electrons. The van der Waals surface area contributed by atoms with Crippen LogP contribution in [-0.2, 0) is 4.79 Å². The van der Waals surface area contributed by atoms with Crippen LogP contribution in [0.25, 0.3) is 0 Å². The second-order valence-electron chi connectivity index (χ2n) is 6.04. The number of halogens is 1. The Morgan fingerprint density at radius 1 is 1.12 bits per heavy atom.